The summed E-state index contributed by atoms with van der Waals surface area (Å²) in [6, 6.07) is 17.4. The molecule has 0 bridgehead atoms. The Morgan fingerprint density at radius 2 is 1.75 bits per heavy atom. The minimum Gasteiger partial charge on any atom is -0.495 e. The molecule has 0 aromatic heterocycles. The van der Waals surface area contributed by atoms with Crippen LogP contribution < -0.4 is 15.8 Å². The van der Waals surface area contributed by atoms with Crippen LogP contribution in [0.1, 0.15) is 15.9 Å². The molecule has 0 fully saturated rings. The van der Waals surface area contributed by atoms with Gasteiger partial charge in [-0.25, -0.2) is 0 Å². The standard InChI is InChI=1S/C21H19ClN4O2/c1-13-10-15(22)8-9-17(13)25-26-19-12-20(28-2)16(23)11-18(19)24-21(27)14-6-4-3-5-7-14/h3-12H,23H2,1-2H3,(H,24,27). The number of aryl methyl sites for hydroxylation is 1. The number of methoxy groups -OCH3 is 1. The molecule has 0 radical (unpaired) electrons. The van der Waals surface area contributed by atoms with E-state index in [2.05, 4.69) is 15.5 Å². The molecule has 6 nitrogen and oxygen atoms in total. The molecule has 7 heteroatoms. The zero-order valence-electron chi connectivity index (χ0n) is 15.4. The number of nitrogens with two attached hydrogens (primary N) is 1. The minimum absolute atomic E-state index is 0.274. The third kappa shape index (κ3) is 4.47. The third-order valence-electron chi connectivity index (χ3n) is 4.06. The second-order valence-corrected chi connectivity index (χ2v) is 6.50. The van der Waals surface area contributed by atoms with Crippen LogP contribution in [0.25, 0.3) is 0 Å². The first-order chi connectivity index (χ1) is 13.5. The predicted octanol–water partition coefficient (Wildman–Crippen LogP) is 5.91. The van der Waals surface area contributed by atoms with Gasteiger partial charge in [-0.05, 0) is 48.9 Å². The number of hydrogen-bond acceptors (Lipinski definition) is 5. The Bertz CT molecular complexity index is 1040. The van der Waals surface area contributed by atoms with Gasteiger partial charge in [0.25, 0.3) is 5.91 Å². The van der Waals surface area contributed by atoms with Gasteiger partial charge in [0.2, 0.25) is 0 Å². The van der Waals surface area contributed by atoms with Gasteiger partial charge in [-0.1, -0.05) is 29.8 Å². The number of anilines is 2. The molecule has 0 aliphatic rings. The van der Waals surface area contributed by atoms with E-state index in [9.17, 15) is 4.79 Å². The molecular formula is C21H19ClN4O2. The maximum Gasteiger partial charge on any atom is 0.255 e. The molecule has 142 valence electrons. The number of nitrogens with one attached hydrogen (secondary N) is 1. The number of hydrogen-bond donors (Lipinski definition) is 2. The van der Waals surface area contributed by atoms with Crippen LogP contribution >= 0.6 is 11.6 Å². The Balaban J connectivity index is 1.96. The Labute approximate surface area is 168 Å². The number of carbonyl (C=O) groups excluding carboxylic acids is 1. The van der Waals surface area contributed by atoms with Gasteiger partial charge in [-0.3, -0.25) is 4.79 Å². The monoisotopic (exact) mass is 394 g/mol. The van der Waals surface area contributed by atoms with Crippen molar-refractivity contribution in [3.05, 3.63) is 76.8 Å². The Kier molecular flexibility index (Phi) is 5.91. The summed E-state index contributed by atoms with van der Waals surface area (Å²) >= 11 is 5.98. The van der Waals surface area contributed by atoms with E-state index >= 15 is 0 Å². The van der Waals surface area contributed by atoms with E-state index in [4.69, 9.17) is 22.1 Å². The molecule has 0 saturated carbocycles. The number of amides is 1. The molecule has 3 aromatic carbocycles. The van der Waals surface area contributed by atoms with Crippen molar-refractivity contribution in [2.45, 2.75) is 6.92 Å². The highest BCUT2D eigenvalue weighted by Gasteiger charge is 2.13. The van der Waals surface area contributed by atoms with Crippen molar-refractivity contribution >= 4 is 40.3 Å². The van der Waals surface area contributed by atoms with Crippen molar-refractivity contribution in [1.29, 1.82) is 0 Å². The van der Waals surface area contributed by atoms with Crippen molar-refractivity contribution < 1.29 is 9.53 Å². The number of rotatable bonds is 5. The molecule has 1 amide bonds. The molecule has 0 aliphatic carbocycles. The number of nitrogen functional groups attached to an aromatic ring is 1. The minimum atomic E-state index is -0.274. The molecule has 28 heavy (non-hydrogen) atoms. The van der Waals surface area contributed by atoms with Crippen LogP contribution in [-0.2, 0) is 0 Å². The van der Waals surface area contributed by atoms with Crippen molar-refractivity contribution in [2.24, 2.45) is 10.2 Å². The normalized spacial score (nSPS) is 10.8. The fraction of sp³-hybridized carbons (Fsp3) is 0.0952. The van der Waals surface area contributed by atoms with Crippen molar-refractivity contribution in [3.8, 4) is 5.75 Å². The second kappa shape index (κ2) is 8.54. The summed E-state index contributed by atoms with van der Waals surface area (Å²) in [6.07, 6.45) is 0. The van der Waals surface area contributed by atoms with Crippen LogP contribution in [0.5, 0.6) is 5.75 Å². The van der Waals surface area contributed by atoms with E-state index in [1.807, 2.05) is 13.0 Å². The topological polar surface area (TPSA) is 89.1 Å². The fourth-order valence-electron chi connectivity index (χ4n) is 2.57. The molecule has 3 aromatic rings. The zero-order chi connectivity index (χ0) is 20.1. The number of azo groups is 1. The largest absolute Gasteiger partial charge is 0.495 e. The lowest BCUT2D eigenvalue weighted by Crippen LogP contribution is -2.12. The lowest BCUT2D eigenvalue weighted by Gasteiger charge is -2.12. The summed E-state index contributed by atoms with van der Waals surface area (Å²) in [4.78, 5) is 12.5. The summed E-state index contributed by atoms with van der Waals surface area (Å²) in [5.74, 6) is 0.170. The van der Waals surface area contributed by atoms with Crippen LogP contribution in [0.4, 0.5) is 22.7 Å². The predicted molar refractivity (Wildman–Crippen MR) is 112 cm³/mol. The average Bonchev–Trinajstić information content (AvgIpc) is 2.69. The summed E-state index contributed by atoms with van der Waals surface area (Å²) in [6.45, 7) is 1.89. The highest BCUT2D eigenvalue weighted by atomic mass is 35.5. The van der Waals surface area contributed by atoms with E-state index < -0.39 is 0 Å². The van der Waals surface area contributed by atoms with Crippen LogP contribution in [0, 0.1) is 6.92 Å². The van der Waals surface area contributed by atoms with Gasteiger partial charge in [0.05, 0.1) is 24.2 Å². The Morgan fingerprint density at radius 1 is 1.04 bits per heavy atom. The SMILES string of the molecule is COc1cc(N=Nc2ccc(Cl)cc2C)c(NC(=O)c2ccccc2)cc1N. The number of nitrogens with zero attached hydrogens (tertiary/aromatic N) is 2. The first-order valence-corrected chi connectivity index (χ1v) is 8.87. The van der Waals surface area contributed by atoms with E-state index in [-0.39, 0.29) is 5.91 Å². The average molecular weight is 395 g/mol. The molecular weight excluding hydrogens is 376 g/mol. The maximum atomic E-state index is 12.5. The molecule has 3 N–H and O–H groups in total. The summed E-state index contributed by atoms with van der Waals surface area (Å²) < 4.78 is 5.26. The summed E-state index contributed by atoms with van der Waals surface area (Å²) in [7, 11) is 1.51. The van der Waals surface area contributed by atoms with Gasteiger partial charge in [-0.2, -0.15) is 5.11 Å². The second-order valence-electron chi connectivity index (χ2n) is 6.06. The first kappa shape index (κ1) is 19.4. The van der Waals surface area contributed by atoms with Crippen LogP contribution in [0.3, 0.4) is 0 Å². The molecule has 0 spiro atoms. The number of ether oxygens (including phenoxy) is 1. The van der Waals surface area contributed by atoms with Crippen molar-refractivity contribution in [1.82, 2.24) is 0 Å². The van der Waals surface area contributed by atoms with Gasteiger partial charge in [-0.15, -0.1) is 5.11 Å². The maximum absolute atomic E-state index is 12.5. The van der Waals surface area contributed by atoms with Gasteiger partial charge in [0.1, 0.15) is 11.4 Å². The lowest BCUT2D eigenvalue weighted by molar-refractivity contribution is 0.102. The Hall–Kier alpha value is -3.38. The van der Waals surface area contributed by atoms with Gasteiger partial charge < -0.3 is 15.8 Å². The molecule has 0 heterocycles. The molecule has 0 atom stereocenters. The zero-order valence-corrected chi connectivity index (χ0v) is 16.2. The van der Waals surface area contributed by atoms with Crippen LogP contribution in [0.2, 0.25) is 5.02 Å². The summed E-state index contributed by atoms with van der Waals surface area (Å²) in [5.41, 5.74) is 9.31. The van der Waals surface area contributed by atoms with Crippen LogP contribution in [0.15, 0.2) is 70.9 Å². The number of halogens is 1. The third-order valence-corrected chi connectivity index (χ3v) is 4.29. The Morgan fingerprint density at radius 3 is 2.43 bits per heavy atom. The van der Waals surface area contributed by atoms with E-state index in [1.54, 1.807) is 54.6 Å². The summed E-state index contributed by atoms with van der Waals surface area (Å²) in [5, 5.41) is 12.0. The van der Waals surface area contributed by atoms with Crippen molar-refractivity contribution in [2.75, 3.05) is 18.2 Å². The first-order valence-electron chi connectivity index (χ1n) is 8.49. The van der Waals surface area contributed by atoms with Crippen LogP contribution in [-0.4, -0.2) is 13.0 Å². The highest BCUT2D eigenvalue weighted by molar-refractivity contribution is 6.30. The molecule has 0 aliphatic heterocycles. The lowest BCUT2D eigenvalue weighted by atomic mass is 10.2. The van der Waals surface area contributed by atoms with Gasteiger partial charge >= 0.3 is 0 Å². The quantitative estimate of drug-likeness (QED) is 0.416. The van der Waals surface area contributed by atoms with Gasteiger partial charge in [0, 0.05) is 16.7 Å². The van der Waals surface area contributed by atoms with E-state index in [0.717, 1.165) is 5.56 Å². The van der Waals surface area contributed by atoms with E-state index in [0.29, 0.717) is 39.1 Å². The van der Waals surface area contributed by atoms with Gasteiger partial charge in [0.15, 0.2) is 0 Å². The number of benzene rings is 3. The fourth-order valence-corrected chi connectivity index (χ4v) is 2.79. The highest BCUT2D eigenvalue weighted by Crippen LogP contribution is 2.36. The smallest absolute Gasteiger partial charge is 0.255 e. The molecule has 0 unspecified atom stereocenters. The molecule has 3 rings (SSSR count). The molecule has 0 saturated heterocycles. The van der Waals surface area contributed by atoms with E-state index in [1.165, 1.54) is 7.11 Å². The van der Waals surface area contributed by atoms with Crippen molar-refractivity contribution in [3.63, 3.8) is 0 Å². The number of carbonyl (C=O) groups is 1.